The largest absolute Gasteiger partial charge is 0.507 e. The molecule has 1 rings (SSSR count). The van der Waals surface area contributed by atoms with Gasteiger partial charge in [0.15, 0.2) is 0 Å². The third kappa shape index (κ3) is 4.63. The average molecular weight is 239 g/mol. The number of rotatable bonds is 7. The van der Waals surface area contributed by atoms with E-state index in [0.29, 0.717) is 12.3 Å². The summed E-state index contributed by atoms with van der Waals surface area (Å²) in [5.74, 6) is 0.912. The van der Waals surface area contributed by atoms with E-state index in [9.17, 15) is 5.11 Å². The molecule has 0 spiro atoms. The summed E-state index contributed by atoms with van der Waals surface area (Å²) in [6.07, 6.45) is 0.181. The van der Waals surface area contributed by atoms with Crippen molar-refractivity contribution in [3.05, 3.63) is 23.8 Å². The molecule has 1 unspecified atom stereocenters. The molecule has 1 aromatic rings. The Morgan fingerprint density at radius 2 is 2.18 bits per heavy atom. The Bertz CT molecular complexity index is 341. The summed E-state index contributed by atoms with van der Waals surface area (Å²) in [5, 5.41) is 13.0. The van der Waals surface area contributed by atoms with E-state index < -0.39 is 0 Å². The Kier molecular flexibility index (Phi) is 5.80. The monoisotopic (exact) mass is 239 g/mol. The molecule has 0 saturated heterocycles. The SMILES string of the molecule is CCOC(C)CNCc1ccc(OC)cc1O. The smallest absolute Gasteiger partial charge is 0.123 e. The van der Waals surface area contributed by atoms with E-state index >= 15 is 0 Å². The van der Waals surface area contributed by atoms with Crippen LogP contribution >= 0.6 is 0 Å². The standard InChI is InChI=1S/C13H21NO3/c1-4-17-10(2)8-14-9-11-5-6-12(16-3)7-13(11)15/h5-7,10,14-15H,4,8-9H2,1-3H3. The van der Waals surface area contributed by atoms with Crippen LogP contribution in [0.4, 0.5) is 0 Å². The fourth-order valence-corrected chi connectivity index (χ4v) is 1.57. The van der Waals surface area contributed by atoms with Gasteiger partial charge in [0.2, 0.25) is 0 Å². The first-order chi connectivity index (χ1) is 8.17. The minimum absolute atomic E-state index is 0.181. The molecule has 4 heteroatoms. The lowest BCUT2D eigenvalue weighted by Crippen LogP contribution is -2.26. The summed E-state index contributed by atoms with van der Waals surface area (Å²) >= 11 is 0. The third-order valence-electron chi connectivity index (χ3n) is 2.49. The number of benzene rings is 1. The van der Waals surface area contributed by atoms with Crippen molar-refractivity contribution in [3.63, 3.8) is 0 Å². The van der Waals surface area contributed by atoms with E-state index in [2.05, 4.69) is 5.32 Å². The summed E-state index contributed by atoms with van der Waals surface area (Å²) in [6, 6.07) is 5.30. The van der Waals surface area contributed by atoms with Crippen LogP contribution in [0.1, 0.15) is 19.4 Å². The van der Waals surface area contributed by atoms with Crippen LogP contribution < -0.4 is 10.1 Å². The zero-order chi connectivity index (χ0) is 12.7. The van der Waals surface area contributed by atoms with Gasteiger partial charge < -0.3 is 19.9 Å². The Morgan fingerprint density at radius 3 is 2.76 bits per heavy atom. The Balaban J connectivity index is 2.41. The molecule has 2 N–H and O–H groups in total. The number of ether oxygens (including phenoxy) is 2. The van der Waals surface area contributed by atoms with Crippen LogP contribution in [0.5, 0.6) is 11.5 Å². The topological polar surface area (TPSA) is 50.7 Å². The van der Waals surface area contributed by atoms with Gasteiger partial charge in [0.1, 0.15) is 11.5 Å². The Morgan fingerprint density at radius 1 is 1.41 bits per heavy atom. The van der Waals surface area contributed by atoms with Crippen molar-refractivity contribution < 1.29 is 14.6 Å². The highest BCUT2D eigenvalue weighted by Gasteiger charge is 2.04. The lowest BCUT2D eigenvalue weighted by molar-refractivity contribution is 0.0759. The molecule has 1 atom stereocenters. The highest BCUT2D eigenvalue weighted by atomic mass is 16.5. The van der Waals surface area contributed by atoms with Crippen LogP contribution in [0.2, 0.25) is 0 Å². The van der Waals surface area contributed by atoms with Gasteiger partial charge in [0.25, 0.3) is 0 Å². The van der Waals surface area contributed by atoms with Crippen LogP contribution in [0.3, 0.4) is 0 Å². The second kappa shape index (κ2) is 7.14. The number of methoxy groups -OCH3 is 1. The number of phenolic OH excluding ortho intramolecular Hbond substituents is 1. The number of nitrogens with one attached hydrogen (secondary N) is 1. The van der Waals surface area contributed by atoms with Gasteiger partial charge in [0.05, 0.1) is 13.2 Å². The van der Waals surface area contributed by atoms with Gasteiger partial charge in [-0.2, -0.15) is 0 Å². The second-order valence-electron chi connectivity index (χ2n) is 3.89. The molecule has 0 fully saturated rings. The molecule has 0 bridgehead atoms. The predicted octanol–water partition coefficient (Wildman–Crippen LogP) is 1.92. The first kappa shape index (κ1) is 13.8. The summed E-state index contributed by atoms with van der Waals surface area (Å²) in [7, 11) is 1.58. The molecule has 0 aliphatic rings. The molecule has 0 amide bonds. The maximum absolute atomic E-state index is 9.74. The molecule has 0 aromatic heterocycles. The summed E-state index contributed by atoms with van der Waals surface area (Å²) in [4.78, 5) is 0. The molecule has 17 heavy (non-hydrogen) atoms. The number of aromatic hydroxyl groups is 1. The fourth-order valence-electron chi connectivity index (χ4n) is 1.57. The van der Waals surface area contributed by atoms with Gasteiger partial charge in [0, 0.05) is 31.3 Å². The quantitative estimate of drug-likeness (QED) is 0.763. The number of hydrogen-bond acceptors (Lipinski definition) is 4. The normalized spacial score (nSPS) is 12.4. The van der Waals surface area contributed by atoms with Crippen molar-refractivity contribution in [1.29, 1.82) is 0 Å². The lowest BCUT2D eigenvalue weighted by atomic mass is 10.2. The molecule has 0 aliphatic carbocycles. The fraction of sp³-hybridized carbons (Fsp3) is 0.538. The predicted molar refractivity (Wildman–Crippen MR) is 67.5 cm³/mol. The molecule has 0 aliphatic heterocycles. The maximum atomic E-state index is 9.74. The van der Waals surface area contributed by atoms with Crippen LogP contribution in [0, 0.1) is 0 Å². The second-order valence-corrected chi connectivity index (χ2v) is 3.89. The van der Waals surface area contributed by atoms with Crippen molar-refractivity contribution in [1.82, 2.24) is 5.32 Å². The van der Waals surface area contributed by atoms with Crippen LogP contribution in [0.25, 0.3) is 0 Å². The zero-order valence-corrected chi connectivity index (χ0v) is 10.7. The summed E-state index contributed by atoms with van der Waals surface area (Å²) < 4.78 is 10.4. The molecular formula is C13H21NO3. The van der Waals surface area contributed by atoms with E-state index in [1.807, 2.05) is 26.0 Å². The molecule has 0 saturated carbocycles. The summed E-state index contributed by atoms with van der Waals surface area (Å²) in [6.45, 7) is 6.10. The van der Waals surface area contributed by atoms with Crippen molar-refractivity contribution in [3.8, 4) is 11.5 Å². The Labute approximate surface area is 103 Å². The molecule has 96 valence electrons. The van der Waals surface area contributed by atoms with Crippen LogP contribution in [-0.4, -0.2) is 31.5 Å². The minimum atomic E-state index is 0.181. The van der Waals surface area contributed by atoms with Crippen molar-refractivity contribution in [2.75, 3.05) is 20.3 Å². The van der Waals surface area contributed by atoms with Crippen molar-refractivity contribution in [2.24, 2.45) is 0 Å². The Hall–Kier alpha value is -1.26. The van der Waals surface area contributed by atoms with Crippen LogP contribution in [-0.2, 0) is 11.3 Å². The molecule has 0 heterocycles. The van der Waals surface area contributed by atoms with Gasteiger partial charge in [-0.05, 0) is 19.9 Å². The number of phenols is 1. The highest BCUT2D eigenvalue weighted by molar-refractivity contribution is 5.39. The lowest BCUT2D eigenvalue weighted by Gasteiger charge is -2.13. The van der Waals surface area contributed by atoms with Gasteiger partial charge in [-0.25, -0.2) is 0 Å². The molecule has 1 aromatic carbocycles. The van der Waals surface area contributed by atoms with E-state index in [1.54, 1.807) is 13.2 Å². The average Bonchev–Trinajstić information content (AvgIpc) is 2.31. The molecular weight excluding hydrogens is 218 g/mol. The molecule has 0 radical (unpaired) electrons. The molecule has 4 nitrogen and oxygen atoms in total. The van der Waals surface area contributed by atoms with E-state index in [-0.39, 0.29) is 11.9 Å². The van der Waals surface area contributed by atoms with Gasteiger partial charge in [-0.15, -0.1) is 0 Å². The van der Waals surface area contributed by atoms with E-state index in [1.165, 1.54) is 0 Å². The van der Waals surface area contributed by atoms with Gasteiger partial charge in [-0.3, -0.25) is 0 Å². The van der Waals surface area contributed by atoms with Gasteiger partial charge in [-0.1, -0.05) is 6.07 Å². The van der Waals surface area contributed by atoms with E-state index in [4.69, 9.17) is 9.47 Å². The van der Waals surface area contributed by atoms with E-state index in [0.717, 1.165) is 18.7 Å². The maximum Gasteiger partial charge on any atom is 0.123 e. The number of hydrogen-bond donors (Lipinski definition) is 2. The first-order valence-corrected chi connectivity index (χ1v) is 5.85. The van der Waals surface area contributed by atoms with Crippen molar-refractivity contribution in [2.45, 2.75) is 26.5 Å². The first-order valence-electron chi connectivity index (χ1n) is 5.85. The van der Waals surface area contributed by atoms with Gasteiger partial charge >= 0.3 is 0 Å². The van der Waals surface area contributed by atoms with Crippen molar-refractivity contribution >= 4 is 0 Å². The zero-order valence-electron chi connectivity index (χ0n) is 10.7. The minimum Gasteiger partial charge on any atom is -0.507 e. The highest BCUT2D eigenvalue weighted by Crippen LogP contribution is 2.22. The summed E-state index contributed by atoms with van der Waals surface area (Å²) in [5.41, 5.74) is 0.856. The third-order valence-corrected chi connectivity index (χ3v) is 2.49. The van der Waals surface area contributed by atoms with Crippen LogP contribution in [0.15, 0.2) is 18.2 Å².